The summed E-state index contributed by atoms with van der Waals surface area (Å²) in [6.45, 7) is 0. The molecular formula is C26H23N11O5S2. The summed E-state index contributed by atoms with van der Waals surface area (Å²) in [7, 11) is 1.39. The number of guanidine groups is 1. The van der Waals surface area contributed by atoms with Crippen LogP contribution in [0, 0.1) is 11.5 Å². The van der Waals surface area contributed by atoms with E-state index in [0.29, 0.717) is 16.9 Å². The molecule has 16 nitrogen and oxygen atoms in total. The van der Waals surface area contributed by atoms with Crippen molar-refractivity contribution in [1.29, 1.82) is 5.26 Å². The number of H-pyrrole nitrogens is 1. The minimum absolute atomic E-state index is 0.0430. The number of nitrogens with one attached hydrogen (secondary N) is 3. The Morgan fingerprint density at radius 1 is 1.27 bits per heavy atom. The van der Waals surface area contributed by atoms with Gasteiger partial charge in [0.25, 0.3) is 17.7 Å². The third-order valence-electron chi connectivity index (χ3n) is 6.67. The van der Waals surface area contributed by atoms with Crippen LogP contribution >= 0.6 is 23.3 Å². The zero-order valence-corrected chi connectivity index (χ0v) is 24.4. The summed E-state index contributed by atoms with van der Waals surface area (Å²) in [5.41, 5.74) is 13.9. The fourth-order valence-corrected chi connectivity index (χ4v) is 6.46. The Morgan fingerprint density at radius 3 is 2.66 bits per heavy atom. The standard InChI is InChI=1S/C26H23N11O5S2/c1-30-16(19-34-26(29)44-36-19)21(39)33-17-22(40)37-18(24(41)42)14(9-43-23(17)37)6-11-2-4-12(5-3-11)13-7-15(31-8-13)20(38)35-25(28)32-10-27/h2-5,7-8,17,23,31H,6,9H2,1H3,(H,33,39)(H,41,42)(H2,29,34,36)(H3,28,32,35,38). The van der Waals surface area contributed by atoms with Gasteiger partial charge in [-0.25, -0.2) is 4.79 Å². The number of aliphatic imine (C=N–C) groups is 2. The first-order chi connectivity index (χ1) is 21.1. The van der Waals surface area contributed by atoms with Gasteiger partial charge < -0.3 is 26.9 Å². The third kappa shape index (κ3) is 5.86. The van der Waals surface area contributed by atoms with Gasteiger partial charge in [0.15, 0.2) is 16.7 Å². The van der Waals surface area contributed by atoms with Crippen LogP contribution in [-0.4, -0.2) is 83.9 Å². The van der Waals surface area contributed by atoms with Crippen molar-refractivity contribution in [1.82, 2.24) is 29.9 Å². The van der Waals surface area contributed by atoms with Crippen LogP contribution in [0.1, 0.15) is 21.9 Å². The molecule has 224 valence electrons. The molecule has 4 heterocycles. The maximum Gasteiger partial charge on any atom is 0.352 e. The molecule has 8 N–H and O–H groups in total. The number of aliphatic carboxylic acids is 1. The van der Waals surface area contributed by atoms with Gasteiger partial charge in [0.05, 0.1) is 0 Å². The van der Waals surface area contributed by atoms with Gasteiger partial charge in [0.1, 0.15) is 22.8 Å². The lowest BCUT2D eigenvalue weighted by Gasteiger charge is -2.49. The summed E-state index contributed by atoms with van der Waals surface area (Å²) in [4.78, 5) is 65.7. The molecule has 2 unspecified atom stereocenters. The second kappa shape index (κ2) is 12.4. The molecule has 2 aliphatic rings. The number of β-lactam (4-membered cyclic amide) rings is 1. The lowest BCUT2D eigenvalue weighted by molar-refractivity contribution is -0.150. The Bertz CT molecular complexity index is 1800. The number of carboxylic acids is 1. The summed E-state index contributed by atoms with van der Waals surface area (Å²) < 4.78 is 3.98. The highest BCUT2D eigenvalue weighted by Gasteiger charge is 2.54. The van der Waals surface area contributed by atoms with Gasteiger partial charge in [-0.1, -0.05) is 24.3 Å². The van der Waals surface area contributed by atoms with E-state index in [-0.39, 0.29) is 40.4 Å². The number of aromatic amines is 1. The van der Waals surface area contributed by atoms with E-state index >= 15 is 0 Å². The lowest BCUT2D eigenvalue weighted by atomic mass is 9.97. The number of rotatable bonds is 8. The molecule has 18 heteroatoms. The average Bonchev–Trinajstić information content (AvgIpc) is 3.66. The third-order valence-corrected chi connectivity index (χ3v) is 8.56. The van der Waals surface area contributed by atoms with Crippen LogP contribution in [0.4, 0.5) is 5.13 Å². The van der Waals surface area contributed by atoms with E-state index in [4.69, 9.17) is 16.7 Å². The van der Waals surface area contributed by atoms with Crippen LogP contribution in [0.3, 0.4) is 0 Å². The van der Waals surface area contributed by atoms with Crippen molar-refractivity contribution in [3.63, 3.8) is 0 Å². The molecule has 0 aliphatic carbocycles. The van der Waals surface area contributed by atoms with Crippen molar-refractivity contribution in [3.05, 3.63) is 64.9 Å². The quantitative estimate of drug-likeness (QED) is 0.0835. The molecule has 1 saturated heterocycles. The Morgan fingerprint density at radius 2 is 2.02 bits per heavy atom. The monoisotopic (exact) mass is 633 g/mol. The summed E-state index contributed by atoms with van der Waals surface area (Å²) >= 11 is 2.26. The first-order valence-electron chi connectivity index (χ1n) is 12.7. The average molecular weight is 634 g/mol. The van der Waals surface area contributed by atoms with Crippen molar-refractivity contribution >= 4 is 63.8 Å². The molecule has 1 aromatic carbocycles. The number of carbonyl (C=O) groups is 4. The fraction of sp³-hybridized carbons (Fsp3) is 0.192. The molecular weight excluding hydrogens is 610 g/mol. The SMILES string of the molecule is CN=C(C(=O)NC1C(=O)N2C(C(=O)O)=C(Cc3ccc(-c4c[nH]c(C(=O)NC(N)=NC#N)c4)cc3)CSC12)c1nsc(N)n1. The van der Waals surface area contributed by atoms with Crippen molar-refractivity contribution < 1.29 is 24.3 Å². The van der Waals surface area contributed by atoms with Gasteiger partial charge in [-0.05, 0) is 34.8 Å². The summed E-state index contributed by atoms with van der Waals surface area (Å²) in [5, 5.41) is 23.0. The highest BCUT2D eigenvalue weighted by molar-refractivity contribution is 8.00. The topological polar surface area (TPSA) is 258 Å². The van der Waals surface area contributed by atoms with Gasteiger partial charge in [0.2, 0.25) is 12.2 Å². The molecule has 0 radical (unpaired) electrons. The zero-order chi connectivity index (χ0) is 31.5. The van der Waals surface area contributed by atoms with Crippen LogP contribution in [0.2, 0.25) is 0 Å². The fourth-order valence-electron chi connectivity index (χ4n) is 4.68. The number of fused-ring (bicyclic) bond motifs is 1. The van der Waals surface area contributed by atoms with Crippen LogP contribution in [0.25, 0.3) is 11.1 Å². The normalized spacial score (nSPS) is 18.3. The maximum absolute atomic E-state index is 13.1. The number of anilines is 1. The summed E-state index contributed by atoms with van der Waals surface area (Å²) in [6, 6.07) is 7.96. The van der Waals surface area contributed by atoms with Gasteiger partial charge in [-0.3, -0.25) is 29.6 Å². The minimum Gasteiger partial charge on any atom is -0.477 e. The number of nitriles is 1. The van der Waals surface area contributed by atoms with E-state index in [2.05, 4.69) is 35.0 Å². The number of hydrogen-bond donors (Lipinski definition) is 6. The van der Waals surface area contributed by atoms with Crippen LogP contribution in [0.15, 0.2) is 57.8 Å². The lowest BCUT2D eigenvalue weighted by Crippen LogP contribution is -2.71. The number of benzene rings is 1. The highest BCUT2D eigenvalue weighted by atomic mass is 32.2. The molecule has 1 fully saturated rings. The van der Waals surface area contributed by atoms with Crippen molar-refractivity contribution in [2.75, 3.05) is 18.5 Å². The van der Waals surface area contributed by atoms with E-state index < -0.39 is 35.1 Å². The van der Waals surface area contributed by atoms with Crippen molar-refractivity contribution in [2.45, 2.75) is 17.8 Å². The molecule has 2 aromatic heterocycles. The van der Waals surface area contributed by atoms with Gasteiger partial charge in [-0.2, -0.15) is 14.6 Å². The van der Waals surface area contributed by atoms with E-state index in [1.165, 1.54) is 29.9 Å². The molecule has 0 spiro atoms. The number of amides is 3. The number of nitrogens with two attached hydrogens (primary N) is 2. The Hall–Kier alpha value is -5.54. The smallest absolute Gasteiger partial charge is 0.352 e. The van der Waals surface area contributed by atoms with Gasteiger partial charge in [0, 0.05) is 30.5 Å². The molecule has 44 heavy (non-hydrogen) atoms. The minimum atomic E-state index is -1.24. The molecule has 2 atom stereocenters. The highest BCUT2D eigenvalue weighted by Crippen LogP contribution is 2.41. The summed E-state index contributed by atoms with van der Waals surface area (Å²) in [5.74, 6) is -2.96. The van der Waals surface area contributed by atoms with Crippen LogP contribution in [0.5, 0.6) is 0 Å². The maximum atomic E-state index is 13.1. The number of aromatic nitrogens is 3. The Balaban J connectivity index is 1.27. The van der Waals surface area contributed by atoms with Gasteiger partial charge >= 0.3 is 5.97 Å². The van der Waals surface area contributed by atoms with Crippen LogP contribution in [-0.2, 0) is 20.8 Å². The van der Waals surface area contributed by atoms with E-state index in [1.54, 1.807) is 12.3 Å². The van der Waals surface area contributed by atoms with E-state index in [9.17, 15) is 24.3 Å². The number of thioether (sulfide) groups is 1. The Labute approximate surface area is 257 Å². The Kier molecular flexibility index (Phi) is 8.41. The number of hydrogen-bond acceptors (Lipinski definition) is 12. The predicted molar refractivity (Wildman–Crippen MR) is 161 cm³/mol. The van der Waals surface area contributed by atoms with Crippen molar-refractivity contribution in [3.8, 4) is 17.3 Å². The largest absolute Gasteiger partial charge is 0.477 e. The number of nitrogen functional groups attached to an aromatic ring is 1. The second-order valence-electron chi connectivity index (χ2n) is 9.37. The van der Waals surface area contributed by atoms with Crippen LogP contribution < -0.4 is 22.1 Å². The van der Waals surface area contributed by atoms with E-state index in [1.807, 2.05) is 24.3 Å². The van der Waals surface area contributed by atoms with Crippen molar-refractivity contribution in [2.24, 2.45) is 15.7 Å². The molecule has 2 aliphatic heterocycles. The predicted octanol–water partition coefficient (Wildman–Crippen LogP) is 0.0412. The molecule has 5 rings (SSSR count). The number of nitrogens with zero attached hydrogens (tertiary/aromatic N) is 6. The summed E-state index contributed by atoms with van der Waals surface area (Å²) in [6.07, 6.45) is 3.40. The first kappa shape index (κ1) is 29.9. The zero-order valence-electron chi connectivity index (χ0n) is 22.8. The molecule has 3 aromatic rings. The molecule has 0 saturated carbocycles. The number of carbonyl (C=O) groups excluding carboxylic acids is 3. The van der Waals surface area contributed by atoms with E-state index in [0.717, 1.165) is 22.7 Å². The van der Waals surface area contributed by atoms with Gasteiger partial charge in [-0.15, -0.1) is 16.8 Å². The first-order valence-corrected chi connectivity index (χ1v) is 14.5. The molecule has 0 bridgehead atoms. The second-order valence-corrected chi connectivity index (χ2v) is 11.3. The number of carboxylic acid groups (broad SMARTS) is 1. The molecule has 3 amide bonds.